The molecule has 0 bridgehead atoms. The Morgan fingerprint density at radius 2 is 1.93 bits per heavy atom. The zero-order valence-electron chi connectivity index (χ0n) is 15.4. The monoisotopic (exact) mass is 401 g/mol. The number of likely N-dealkylation sites (tertiary alicyclic amines) is 1. The second kappa shape index (κ2) is 7.35. The van der Waals surface area contributed by atoms with Crippen LogP contribution in [-0.2, 0) is 11.3 Å². The van der Waals surface area contributed by atoms with E-state index in [0.717, 1.165) is 23.8 Å². The van der Waals surface area contributed by atoms with Gasteiger partial charge in [-0.15, -0.1) is 11.3 Å². The summed E-state index contributed by atoms with van der Waals surface area (Å²) in [6, 6.07) is 6.99. The van der Waals surface area contributed by atoms with Crippen molar-refractivity contribution in [2.75, 3.05) is 6.54 Å². The highest BCUT2D eigenvalue weighted by Gasteiger charge is 2.25. The molecule has 4 rings (SSSR count). The topological polar surface area (TPSA) is 64.3 Å². The van der Waals surface area contributed by atoms with E-state index in [1.807, 2.05) is 11.8 Å². The van der Waals surface area contributed by atoms with E-state index in [2.05, 4.69) is 0 Å². The maximum atomic E-state index is 13.3. The van der Waals surface area contributed by atoms with Crippen molar-refractivity contribution in [3.05, 3.63) is 62.4 Å². The van der Waals surface area contributed by atoms with Crippen LogP contribution in [0.1, 0.15) is 26.2 Å². The average Bonchev–Trinajstić information content (AvgIpc) is 3.17. The van der Waals surface area contributed by atoms with E-state index in [0.29, 0.717) is 16.8 Å². The standard InChI is InChI=1S/C20H20FN3O3S/c1-13-4-2-3-10-22(13)17(25)12-23-16-9-11-28-18(16)19(26)24(20(23)27)15-7-5-14(21)6-8-15/h5-9,11,13H,2-4,10,12H2,1H3/t13-/m0/s1. The van der Waals surface area contributed by atoms with E-state index >= 15 is 0 Å². The Bertz CT molecular complexity index is 1150. The fourth-order valence-corrected chi connectivity index (χ4v) is 4.58. The summed E-state index contributed by atoms with van der Waals surface area (Å²) in [5.74, 6) is -0.588. The van der Waals surface area contributed by atoms with E-state index in [4.69, 9.17) is 0 Å². The molecule has 3 heterocycles. The Balaban J connectivity index is 1.83. The van der Waals surface area contributed by atoms with Gasteiger partial charge in [-0.25, -0.2) is 13.8 Å². The summed E-state index contributed by atoms with van der Waals surface area (Å²) in [5, 5.41) is 1.73. The van der Waals surface area contributed by atoms with Gasteiger partial charge in [0.2, 0.25) is 5.91 Å². The Morgan fingerprint density at radius 1 is 1.18 bits per heavy atom. The molecular weight excluding hydrogens is 381 g/mol. The van der Waals surface area contributed by atoms with Gasteiger partial charge < -0.3 is 4.90 Å². The number of nitrogens with zero attached hydrogens (tertiary/aromatic N) is 3. The van der Waals surface area contributed by atoms with E-state index in [1.54, 1.807) is 11.4 Å². The summed E-state index contributed by atoms with van der Waals surface area (Å²) in [5.41, 5.74) is -0.326. The molecule has 6 nitrogen and oxygen atoms in total. The molecule has 1 amide bonds. The van der Waals surface area contributed by atoms with Gasteiger partial charge in [-0.1, -0.05) is 0 Å². The first-order valence-corrected chi connectivity index (χ1v) is 10.1. The maximum Gasteiger partial charge on any atom is 0.336 e. The van der Waals surface area contributed by atoms with Crippen LogP contribution < -0.4 is 11.2 Å². The Morgan fingerprint density at radius 3 is 2.64 bits per heavy atom. The van der Waals surface area contributed by atoms with Crippen molar-refractivity contribution in [1.82, 2.24) is 14.0 Å². The highest BCUT2D eigenvalue weighted by molar-refractivity contribution is 7.17. The molecule has 0 spiro atoms. The van der Waals surface area contributed by atoms with Crippen LogP contribution in [0.3, 0.4) is 0 Å². The third-order valence-corrected chi connectivity index (χ3v) is 6.15. The van der Waals surface area contributed by atoms with Crippen LogP contribution in [0.2, 0.25) is 0 Å². The molecule has 1 aliphatic rings. The molecule has 1 aromatic carbocycles. The highest BCUT2D eigenvalue weighted by Crippen LogP contribution is 2.19. The molecule has 1 atom stereocenters. The molecule has 1 fully saturated rings. The van der Waals surface area contributed by atoms with Gasteiger partial charge in [0, 0.05) is 12.6 Å². The van der Waals surface area contributed by atoms with Crippen LogP contribution in [0.25, 0.3) is 15.9 Å². The summed E-state index contributed by atoms with van der Waals surface area (Å²) < 4.78 is 16.0. The van der Waals surface area contributed by atoms with Crippen molar-refractivity contribution >= 4 is 27.5 Å². The van der Waals surface area contributed by atoms with Crippen LogP contribution in [0, 0.1) is 5.82 Å². The molecule has 3 aromatic rings. The molecule has 0 radical (unpaired) electrons. The fourth-order valence-electron chi connectivity index (χ4n) is 3.75. The molecule has 1 aliphatic heterocycles. The second-order valence-electron chi connectivity index (χ2n) is 7.05. The van der Waals surface area contributed by atoms with Crippen LogP contribution >= 0.6 is 11.3 Å². The third kappa shape index (κ3) is 3.17. The number of aromatic nitrogens is 2. The van der Waals surface area contributed by atoms with Gasteiger partial charge >= 0.3 is 5.69 Å². The fraction of sp³-hybridized carbons (Fsp3) is 0.350. The Kier molecular flexibility index (Phi) is 4.89. The molecule has 8 heteroatoms. The zero-order chi connectivity index (χ0) is 19.8. The molecule has 146 valence electrons. The first kappa shape index (κ1) is 18.6. The molecule has 1 saturated heterocycles. The summed E-state index contributed by atoms with van der Waals surface area (Å²) >= 11 is 1.22. The second-order valence-corrected chi connectivity index (χ2v) is 7.97. The number of piperidine rings is 1. The Labute approximate surface area is 164 Å². The van der Waals surface area contributed by atoms with Crippen molar-refractivity contribution < 1.29 is 9.18 Å². The summed E-state index contributed by atoms with van der Waals surface area (Å²) in [6.45, 7) is 2.57. The SMILES string of the molecule is C[C@H]1CCCCN1C(=O)Cn1c(=O)n(-c2ccc(F)cc2)c(=O)c2sccc21. The number of hydrogen-bond donors (Lipinski definition) is 0. The van der Waals surface area contributed by atoms with E-state index in [9.17, 15) is 18.8 Å². The lowest BCUT2D eigenvalue weighted by atomic mass is 10.0. The van der Waals surface area contributed by atoms with Crippen molar-refractivity contribution in [3.8, 4) is 5.69 Å². The minimum absolute atomic E-state index is 0.127. The van der Waals surface area contributed by atoms with E-state index in [1.165, 1.54) is 40.2 Å². The van der Waals surface area contributed by atoms with Gasteiger partial charge in [0.25, 0.3) is 5.56 Å². The van der Waals surface area contributed by atoms with E-state index < -0.39 is 17.1 Å². The van der Waals surface area contributed by atoms with Crippen molar-refractivity contribution in [2.45, 2.75) is 38.8 Å². The number of halogens is 1. The predicted molar refractivity (Wildman–Crippen MR) is 107 cm³/mol. The third-order valence-electron chi connectivity index (χ3n) is 5.26. The number of rotatable bonds is 3. The molecule has 2 aromatic heterocycles. The number of carbonyl (C=O) groups excluding carboxylic acids is 1. The van der Waals surface area contributed by atoms with Crippen molar-refractivity contribution in [2.24, 2.45) is 0 Å². The largest absolute Gasteiger partial charge is 0.338 e. The summed E-state index contributed by atoms with van der Waals surface area (Å²) in [4.78, 5) is 40.7. The summed E-state index contributed by atoms with van der Waals surface area (Å²) in [7, 11) is 0. The number of thiophene rings is 1. The van der Waals surface area contributed by atoms with Crippen LogP contribution in [0.15, 0.2) is 45.3 Å². The van der Waals surface area contributed by atoms with Crippen molar-refractivity contribution in [1.29, 1.82) is 0 Å². The number of benzene rings is 1. The smallest absolute Gasteiger partial charge is 0.336 e. The van der Waals surface area contributed by atoms with Gasteiger partial charge in [0.15, 0.2) is 0 Å². The zero-order valence-corrected chi connectivity index (χ0v) is 16.2. The number of carbonyl (C=O) groups is 1. The summed E-state index contributed by atoms with van der Waals surface area (Å²) in [6.07, 6.45) is 2.99. The van der Waals surface area contributed by atoms with Gasteiger partial charge in [-0.3, -0.25) is 14.2 Å². The quantitative estimate of drug-likeness (QED) is 0.678. The molecule has 28 heavy (non-hydrogen) atoms. The first-order valence-electron chi connectivity index (χ1n) is 9.26. The molecular formula is C20H20FN3O3S. The minimum atomic E-state index is -0.597. The lowest BCUT2D eigenvalue weighted by Crippen LogP contribution is -2.46. The van der Waals surface area contributed by atoms with Gasteiger partial charge in [-0.2, -0.15) is 0 Å². The lowest BCUT2D eigenvalue weighted by molar-refractivity contribution is -0.135. The number of hydrogen-bond acceptors (Lipinski definition) is 4. The van der Waals surface area contributed by atoms with Gasteiger partial charge in [0.1, 0.15) is 17.1 Å². The lowest BCUT2D eigenvalue weighted by Gasteiger charge is -2.33. The highest BCUT2D eigenvalue weighted by atomic mass is 32.1. The van der Waals surface area contributed by atoms with Crippen LogP contribution in [0.4, 0.5) is 4.39 Å². The van der Waals surface area contributed by atoms with E-state index in [-0.39, 0.29) is 24.2 Å². The van der Waals surface area contributed by atoms with Gasteiger partial charge in [0.05, 0.1) is 11.2 Å². The van der Waals surface area contributed by atoms with Crippen LogP contribution in [-0.4, -0.2) is 32.5 Å². The predicted octanol–water partition coefficient (Wildman–Crippen LogP) is 2.75. The molecule has 0 N–H and O–H groups in total. The normalized spacial score (nSPS) is 17.2. The average molecular weight is 401 g/mol. The first-order chi connectivity index (χ1) is 13.5. The number of amides is 1. The maximum absolute atomic E-state index is 13.3. The molecule has 0 aliphatic carbocycles. The van der Waals surface area contributed by atoms with Gasteiger partial charge in [-0.05, 0) is 61.9 Å². The molecule has 0 saturated carbocycles. The van der Waals surface area contributed by atoms with Crippen molar-refractivity contribution in [3.63, 3.8) is 0 Å². The molecule has 0 unspecified atom stereocenters. The minimum Gasteiger partial charge on any atom is -0.338 e. The number of fused-ring (bicyclic) bond motifs is 1. The Hall–Kier alpha value is -2.74. The van der Waals surface area contributed by atoms with Crippen LogP contribution in [0.5, 0.6) is 0 Å².